The molecule has 174 valence electrons. The Morgan fingerprint density at radius 2 is 1.91 bits per heavy atom. The van der Waals surface area contributed by atoms with E-state index < -0.39 is 15.3 Å². The maximum atomic E-state index is 12.9. The van der Waals surface area contributed by atoms with E-state index in [-0.39, 0.29) is 10.8 Å². The molecule has 33 heavy (non-hydrogen) atoms. The molecule has 0 fully saturated rings. The van der Waals surface area contributed by atoms with E-state index >= 15 is 0 Å². The van der Waals surface area contributed by atoms with Crippen molar-refractivity contribution in [2.45, 2.75) is 49.5 Å². The smallest absolute Gasteiger partial charge is 0.243 e. The van der Waals surface area contributed by atoms with E-state index in [0.717, 1.165) is 5.52 Å². The van der Waals surface area contributed by atoms with Crippen molar-refractivity contribution in [3.63, 3.8) is 0 Å². The number of anilines is 1. The highest BCUT2D eigenvalue weighted by Gasteiger charge is 2.24. The molecular weight excluding hydrogens is 458 g/mol. The summed E-state index contributed by atoms with van der Waals surface area (Å²) < 4.78 is 29.2. The molecule has 2 aromatic carbocycles. The fourth-order valence-electron chi connectivity index (χ4n) is 3.49. The first-order valence-electron chi connectivity index (χ1n) is 10.7. The highest BCUT2D eigenvalue weighted by molar-refractivity contribution is 8.00. The molecule has 0 aliphatic rings. The van der Waals surface area contributed by atoms with Crippen molar-refractivity contribution in [2.75, 3.05) is 18.4 Å². The van der Waals surface area contributed by atoms with Gasteiger partial charge < -0.3 is 9.88 Å². The number of carbonyl (C=O) groups is 1. The molecule has 10 heteroatoms. The van der Waals surface area contributed by atoms with Crippen LogP contribution in [0.15, 0.2) is 52.5 Å². The number of thioether (sulfide) groups is 1. The Hall–Kier alpha value is -2.87. The second-order valence-corrected chi connectivity index (χ2v) is 10.5. The van der Waals surface area contributed by atoms with Crippen molar-refractivity contribution in [1.29, 1.82) is 5.26 Å². The number of carbonyl (C=O) groups excluding carboxylic acids is 1. The number of nitrogens with one attached hydrogen (secondary N) is 1. The zero-order chi connectivity index (χ0) is 24.2. The van der Waals surface area contributed by atoms with Crippen LogP contribution in [0.2, 0.25) is 0 Å². The Balaban J connectivity index is 1.88. The summed E-state index contributed by atoms with van der Waals surface area (Å²) in [4.78, 5) is 17.6. The zero-order valence-corrected chi connectivity index (χ0v) is 20.7. The monoisotopic (exact) mass is 485 g/mol. The molecule has 0 aliphatic heterocycles. The first-order chi connectivity index (χ1) is 15.8. The van der Waals surface area contributed by atoms with Crippen LogP contribution in [-0.4, -0.2) is 46.5 Å². The van der Waals surface area contributed by atoms with E-state index in [4.69, 9.17) is 0 Å². The number of amides is 1. The quantitative estimate of drug-likeness (QED) is 0.458. The van der Waals surface area contributed by atoms with Gasteiger partial charge in [0.15, 0.2) is 5.16 Å². The molecule has 1 aromatic heterocycles. The summed E-state index contributed by atoms with van der Waals surface area (Å²) in [6.45, 7) is 8.76. The maximum Gasteiger partial charge on any atom is 0.243 e. The van der Waals surface area contributed by atoms with Crippen LogP contribution in [0.1, 0.15) is 33.3 Å². The second-order valence-electron chi connectivity index (χ2n) is 7.29. The third-order valence-corrected chi connectivity index (χ3v) is 8.44. The van der Waals surface area contributed by atoms with E-state index in [2.05, 4.69) is 16.4 Å². The summed E-state index contributed by atoms with van der Waals surface area (Å²) >= 11 is 1.29. The van der Waals surface area contributed by atoms with Crippen LogP contribution in [0.4, 0.5) is 5.69 Å². The van der Waals surface area contributed by atoms with Gasteiger partial charge in [-0.2, -0.15) is 9.57 Å². The van der Waals surface area contributed by atoms with Crippen molar-refractivity contribution >= 4 is 44.4 Å². The fourth-order valence-corrected chi connectivity index (χ4v) is 5.96. The minimum absolute atomic E-state index is 0.204. The minimum Gasteiger partial charge on any atom is -0.324 e. The van der Waals surface area contributed by atoms with Gasteiger partial charge in [-0.3, -0.25) is 4.79 Å². The Morgan fingerprint density at radius 1 is 1.21 bits per heavy atom. The number of nitriles is 1. The SMILES string of the molecule is CCN(CC)S(=O)(=O)c1ccc2c(c1)nc(SC(C)C(=O)Nc1ccccc1C#N)n2CC. The van der Waals surface area contributed by atoms with Gasteiger partial charge in [-0.25, -0.2) is 13.4 Å². The summed E-state index contributed by atoms with van der Waals surface area (Å²) in [7, 11) is -3.59. The lowest BCUT2D eigenvalue weighted by Crippen LogP contribution is -2.30. The van der Waals surface area contributed by atoms with Crippen molar-refractivity contribution in [1.82, 2.24) is 13.9 Å². The lowest BCUT2D eigenvalue weighted by Gasteiger charge is -2.18. The lowest BCUT2D eigenvalue weighted by molar-refractivity contribution is -0.115. The number of aryl methyl sites for hydroxylation is 1. The van der Waals surface area contributed by atoms with Crippen LogP contribution in [0.25, 0.3) is 11.0 Å². The van der Waals surface area contributed by atoms with Crippen molar-refractivity contribution in [3.8, 4) is 6.07 Å². The number of hydrogen-bond donors (Lipinski definition) is 1. The van der Waals surface area contributed by atoms with Gasteiger partial charge in [0.25, 0.3) is 0 Å². The van der Waals surface area contributed by atoms with E-state index in [9.17, 15) is 18.5 Å². The van der Waals surface area contributed by atoms with Crippen LogP contribution < -0.4 is 5.32 Å². The van der Waals surface area contributed by atoms with Gasteiger partial charge in [-0.05, 0) is 44.2 Å². The van der Waals surface area contributed by atoms with E-state index in [1.165, 1.54) is 16.1 Å². The van der Waals surface area contributed by atoms with Crippen LogP contribution in [0.3, 0.4) is 0 Å². The number of sulfonamides is 1. The number of benzene rings is 2. The highest BCUT2D eigenvalue weighted by Crippen LogP contribution is 2.30. The summed E-state index contributed by atoms with van der Waals surface area (Å²) in [6.07, 6.45) is 0. The number of nitrogens with zero attached hydrogens (tertiary/aromatic N) is 4. The summed E-state index contributed by atoms with van der Waals surface area (Å²) in [5.74, 6) is -0.248. The summed E-state index contributed by atoms with van der Waals surface area (Å²) in [6, 6.07) is 13.9. The first kappa shape index (κ1) is 24.8. The molecule has 0 spiro atoms. The van der Waals surface area contributed by atoms with Gasteiger partial charge in [0.2, 0.25) is 15.9 Å². The van der Waals surface area contributed by atoms with Crippen LogP contribution in [-0.2, 0) is 21.4 Å². The Bertz CT molecular complexity index is 1310. The van der Waals surface area contributed by atoms with Crippen molar-refractivity contribution in [3.05, 3.63) is 48.0 Å². The van der Waals surface area contributed by atoms with Crippen molar-refractivity contribution < 1.29 is 13.2 Å². The third kappa shape index (κ3) is 5.05. The number of hydrogen-bond acceptors (Lipinski definition) is 6. The molecule has 3 rings (SSSR count). The van der Waals surface area contributed by atoms with E-state index in [0.29, 0.717) is 41.6 Å². The minimum atomic E-state index is -3.59. The van der Waals surface area contributed by atoms with Crippen LogP contribution in [0, 0.1) is 11.3 Å². The molecule has 0 saturated heterocycles. The van der Waals surface area contributed by atoms with Gasteiger partial charge in [0, 0.05) is 19.6 Å². The number of aromatic nitrogens is 2. The topological polar surface area (TPSA) is 108 Å². The van der Waals surface area contributed by atoms with Gasteiger partial charge >= 0.3 is 0 Å². The average molecular weight is 486 g/mol. The lowest BCUT2D eigenvalue weighted by atomic mass is 10.2. The summed E-state index contributed by atoms with van der Waals surface area (Å²) in [5, 5.41) is 12.2. The second kappa shape index (κ2) is 10.4. The molecule has 0 radical (unpaired) electrons. The molecule has 1 unspecified atom stereocenters. The van der Waals surface area contributed by atoms with E-state index in [1.54, 1.807) is 49.4 Å². The molecule has 0 bridgehead atoms. The summed E-state index contributed by atoms with van der Waals surface area (Å²) in [5.41, 5.74) is 2.23. The van der Waals surface area contributed by atoms with Gasteiger partial charge in [-0.1, -0.05) is 37.7 Å². The maximum absolute atomic E-state index is 12.9. The molecule has 0 aliphatic carbocycles. The normalized spacial score (nSPS) is 12.6. The van der Waals surface area contributed by atoms with Crippen LogP contribution in [0.5, 0.6) is 0 Å². The molecule has 1 amide bonds. The Labute approximate surface area is 198 Å². The average Bonchev–Trinajstić information content (AvgIpc) is 3.16. The standard InChI is InChI=1S/C23H27N5O3S2/c1-5-27(6-2)33(30,31)18-12-13-21-20(14-18)26-23(28(21)7-3)32-16(4)22(29)25-19-11-9-8-10-17(19)15-24/h8-14,16H,5-7H2,1-4H3,(H,25,29). The number of para-hydroxylation sites is 1. The van der Waals surface area contributed by atoms with E-state index in [1.807, 2.05) is 25.3 Å². The fraction of sp³-hybridized carbons (Fsp3) is 0.348. The largest absolute Gasteiger partial charge is 0.324 e. The molecule has 3 aromatic rings. The Morgan fingerprint density at radius 3 is 2.55 bits per heavy atom. The predicted molar refractivity (Wildman–Crippen MR) is 131 cm³/mol. The molecular formula is C23H27N5O3S2. The predicted octanol–water partition coefficient (Wildman–Crippen LogP) is 4.08. The molecule has 1 N–H and O–H groups in total. The Kier molecular flexibility index (Phi) is 7.79. The van der Waals surface area contributed by atoms with Crippen molar-refractivity contribution in [2.24, 2.45) is 0 Å². The number of imidazole rings is 1. The van der Waals surface area contributed by atoms with Gasteiger partial charge in [0.05, 0.1) is 32.4 Å². The van der Waals surface area contributed by atoms with Gasteiger partial charge in [-0.15, -0.1) is 0 Å². The highest BCUT2D eigenvalue weighted by atomic mass is 32.2. The molecule has 1 heterocycles. The number of fused-ring (bicyclic) bond motifs is 1. The third-order valence-electron chi connectivity index (χ3n) is 5.30. The molecule has 1 atom stereocenters. The molecule has 8 nitrogen and oxygen atoms in total. The van der Waals surface area contributed by atoms with Gasteiger partial charge in [0.1, 0.15) is 6.07 Å². The van der Waals surface area contributed by atoms with Crippen LogP contribution >= 0.6 is 11.8 Å². The first-order valence-corrected chi connectivity index (χ1v) is 13.1. The molecule has 0 saturated carbocycles. The number of rotatable bonds is 9. The zero-order valence-electron chi connectivity index (χ0n) is 19.1.